The van der Waals surface area contributed by atoms with Crippen LogP contribution in [0.1, 0.15) is 44.9 Å². The highest BCUT2D eigenvalue weighted by atomic mass is 35.5. The van der Waals surface area contributed by atoms with Gasteiger partial charge in [0.2, 0.25) is 5.91 Å². The van der Waals surface area contributed by atoms with E-state index in [1.807, 2.05) is 0 Å². The molecule has 2 fully saturated rings. The summed E-state index contributed by atoms with van der Waals surface area (Å²) in [5.41, 5.74) is 0. The molecular formula is C14H27ClN2O2. The van der Waals surface area contributed by atoms with E-state index in [0.717, 1.165) is 32.5 Å². The topological polar surface area (TPSA) is 50.4 Å². The molecule has 0 spiro atoms. The summed E-state index contributed by atoms with van der Waals surface area (Å²) in [5.74, 6) is 0.833. The van der Waals surface area contributed by atoms with Crippen LogP contribution in [0.2, 0.25) is 0 Å². The summed E-state index contributed by atoms with van der Waals surface area (Å²) in [7, 11) is 0. The van der Waals surface area contributed by atoms with Crippen LogP contribution < -0.4 is 10.6 Å². The third-order valence-electron chi connectivity index (χ3n) is 3.99. The molecule has 0 aromatic rings. The molecule has 19 heavy (non-hydrogen) atoms. The van der Waals surface area contributed by atoms with Crippen molar-refractivity contribution >= 4 is 18.3 Å². The first kappa shape index (κ1) is 16.7. The second kappa shape index (κ2) is 9.56. The first-order chi connectivity index (χ1) is 8.84. The van der Waals surface area contributed by atoms with Crippen molar-refractivity contribution in [3.63, 3.8) is 0 Å². The zero-order chi connectivity index (χ0) is 12.6. The van der Waals surface area contributed by atoms with Crippen LogP contribution in [-0.4, -0.2) is 38.3 Å². The van der Waals surface area contributed by atoms with E-state index in [1.54, 1.807) is 0 Å². The number of amides is 1. The van der Waals surface area contributed by atoms with Crippen LogP contribution in [0.3, 0.4) is 0 Å². The van der Waals surface area contributed by atoms with Gasteiger partial charge >= 0.3 is 0 Å². The Kier molecular flexibility index (Phi) is 8.42. The van der Waals surface area contributed by atoms with E-state index in [4.69, 9.17) is 4.74 Å². The Labute approximate surface area is 122 Å². The summed E-state index contributed by atoms with van der Waals surface area (Å²) >= 11 is 0. The van der Waals surface area contributed by atoms with Crippen molar-refractivity contribution in [3.8, 4) is 0 Å². The predicted molar refractivity (Wildman–Crippen MR) is 78.7 cm³/mol. The van der Waals surface area contributed by atoms with Crippen molar-refractivity contribution < 1.29 is 9.53 Å². The SMILES string of the molecule is Cl.O=C(CNCC1CCCO1)NCC1CCCCC1. The minimum absolute atomic E-state index is 0. The zero-order valence-corrected chi connectivity index (χ0v) is 12.5. The fraction of sp³-hybridized carbons (Fsp3) is 0.929. The molecular weight excluding hydrogens is 264 g/mol. The van der Waals surface area contributed by atoms with Gasteiger partial charge in [-0.15, -0.1) is 12.4 Å². The molecule has 1 amide bonds. The Balaban J connectivity index is 0.00000180. The number of halogens is 1. The van der Waals surface area contributed by atoms with Crippen LogP contribution in [0.15, 0.2) is 0 Å². The Morgan fingerprint density at radius 2 is 1.84 bits per heavy atom. The van der Waals surface area contributed by atoms with Crippen LogP contribution in [0, 0.1) is 5.92 Å². The van der Waals surface area contributed by atoms with Crippen molar-refractivity contribution in [1.29, 1.82) is 0 Å². The second-order valence-electron chi connectivity index (χ2n) is 5.57. The van der Waals surface area contributed by atoms with Crippen molar-refractivity contribution in [2.75, 3.05) is 26.2 Å². The highest BCUT2D eigenvalue weighted by Crippen LogP contribution is 2.22. The number of hydrogen-bond donors (Lipinski definition) is 2. The van der Waals surface area contributed by atoms with Crippen molar-refractivity contribution in [3.05, 3.63) is 0 Å². The molecule has 112 valence electrons. The minimum Gasteiger partial charge on any atom is -0.377 e. The molecule has 2 aliphatic rings. The highest BCUT2D eigenvalue weighted by Gasteiger charge is 2.16. The summed E-state index contributed by atoms with van der Waals surface area (Å²) < 4.78 is 5.50. The molecule has 1 heterocycles. The third-order valence-corrected chi connectivity index (χ3v) is 3.99. The maximum Gasteiger partial charge on any atom is 0.233 e. The molecule has 1 saturated carbocycles. The van der Waals surface area contributed by atoms with E-state index in [0.29, 0.717) is 18.6 Å². The van der Waals surface area contributed by atoms with Gasteiger partial charge in [0.25, 0.3) is 0 Å². The van der Waals surface area contributed by atoms with Gasteiger partial charge in [-0.25, -0.2) is 0 Å². The quantitative estimate of drug-likeness (QED) is 0.785. The Morgan fingerprint density at radius 3 is 2.53 bits per heavy atom. The Bertz CT molecular complexity index is 252. The smallest absolute Gasteiger partial charge is 0.233 e. The van der Waals surface area contributed by atoms with Gasteiger partial charge < -0.3 is 15.4 Å². The maximum absolute atomic E-state index is 11.6. The predicted octanol–water partition coefficient (Wildman–Crippen LogP) is 1.87. The summed E-state index contributed by atoms with van der Waals surface area (Å²) in [6.07, 6.45) is 9.18. The molecule has 1 saturated heterocycles. The lowest BCUT2D eigenvalue weighted by molar-refractivity contribution is -0.120. The van der Waals surface area contributed by atoms with Crippen LogP contribution in [0.5, 0.6) is 0 Å². The van der Waals surface area contributed by atoms with Gasteiger partial charge in [0.15, 0.2) is 0 Å². The number of hydrogen-bond acceptors (Lipinski definition) is 3. The largest absolute Gasteiger partial charge is 0.377 e. The highest BCUT2D eigenvalue weighted by molar-refractivity contribution is 5.85. The van der Waals surface area contributed by atoms with E-state index >= 15 is 0 Å². The molecule has 0 aromatic carbocycles. The maximum atomic E-state index is 11.6. The van der Waals surface area contributed by atoms with E-state index < -0.39 is 0 Å². The van der Waals surface area contributed by atoms with E-state index in [2.05, 4.69) is 10.6 Å². The number of ether oxygens (including phenoxy) is 1. The summed E-state index contributed by atoms with van der Waals surface area (Å²) in [5, 5.41) is 6.21. The van der Waals surface area contributed by atoms with Gasteiger partial charge in [0, 0.05) is 19.7 Å². The average molecular weight is 291 g/mol. The second-order valence-corrected chi connectivity index (χ2v) is 5.57. The molecule has 4 nitrogen and oxygen atoms in total. The molecule has 5 heteroatoms. The van der Waals surface area contributed by atoms with E-state index in [1.165, 1.54) is 32.1 Å². The standard InChI is InChI=1S/C14H26N2O2.ClH/c17-14(11-15-10-13-7-4-8-18-13)16-9-12-5-2-1-3-6-12;/h12-13,15H,1-11H2,(H,16,17);1H. The van der Waals surface area contributed by atoms with Gasteiger partial charge in [-0.2, -0.15) is 0 Å². The fourth-order valence-electron chi connectivity index (χ4n) is 2.86. The third kappa shape index (κ3) is 6.59. The lowest BCUT2D eigenvalue weighted by atomic mass is 9.89. The first-order valence-electron chi connectivity index (χ1n) is 7.43. The van der Waals surface area contributed by atoms with Gasteiger partial charge in [-0.05, 0) is 31.6 Å². The van der Waals surface area contributed by atoms with Crippen LogP contribution in [0.4, 0.5) is 0 Å². The lowest BCUT2D eigenvalue weighted by Gasteiger charge is -2.21. The molecule has 1 aliphatic carbocycles. The number of nitrogens with one attached hydrogen (secondary N) is 2. The molecule has 1 atom stereocenters. The van der Waals surface area contributed by atoms with E-state index in [-0.39, 0.29) is 18.3 Å². The first-order valence-corrected chi connectivity index (χ1v) is 7.43. The molecule has 2 rings (SSSR count). The number of carbonyl (C=O) groups is 1. The van der Waals surface area contributed by atoms with Gasteiger partial charge in [-0.3, -0.25) is 4.79 Å². The van der Waals surface area contributed by atoms with Crippen LogP contribution in [0.25, 0.3) is 0 Å². The monoisotopic (exact) mass is 290 g/mol. The summed E-state index contributed by atoms with van der Waals surface area (Å²) in [4.78, 5) is 11.6. The van der Waals surface area contributed by atoms with Crippen molar-refractivity contribution in [2.45, 2.75) is 51.0 Å². The fourth-order valence-corrected chi connectivity index (χ4v) is 2.86. The van der Waals surface area contributed by atoms with Gasteiger partial charge in [0.1, 0.15) is 0 Å². The molecule has 1 unspecified atom stereocenters. The van der Waals surface area contributed by atoms with Gasteiger partial charge in [0.05, 0.1) is 12.6 Å². The molecule has 0 bridgehead atoms. The lowest BCUT2D eigenvalue weighted by Crippen LogP contribution is -2.39. The number of carbonyl (C=O) groups excluding carboxylic acids is 1. The van der Waals surface area contributed by atoms with Crippen molar-refractivity contribution in [1.82, 2.24) is 10.6 Å². The van der Waals surface area contributed by atoms with Crippen molar-refractivity contribution in [2.24, 2.45) is 5.92 Å². The Hall–Kier alpha value is -0.320. The average Bonchev–Trinajstić information content (AvgIpc) is 2.91. The zero-order valence-electron chi connectivity index (χ0n) is 11.7. The molecule has 0 aromatic heterocycles. The summed E-state index contributed by atoms with van der Waals surface area (Å²) in [6.45, 7) is 2.96. The van der Waals surface area contributed by atoms with Gasteiger partial charge in [-0.1, -0.05) is 19.3 Å². The molecule has 1 aliphatic heterocycles. The normalized spacial score (nSPS) is 23.9. The number of rotatable bonds is 6. The molecule has 0 radical (unpaired) electrons. The summed E-state index contributed by atoms with van der Waals surface area (Å²) in [6, 6.07) is 0. The minimum atomic E-state index is 0. The van der Waals surface area contributed by atoms with Crippen LogP contribution >= 0.6 is 12.4 Å². The Morgan fingerprint density at radius 1 is 1.05 bits per heavy atom. The molecule has 2 N–H and O–H groups in total. The van der Waals surface area contributed by atoms with E-state index in [9.17, 15) is 4.79 Å². The van der Waals surface area contributed by atoms with Crippen LogP contribution in [-0.2, 0) is 9.53 Å².